The van der Waals surface area contributed by atoms with Gasteiger partial charge in [0.15, 0.2) is 5.60 Å². The molecule has 1 aliphatic rings. The van der Waals surface area contributed by atoms with Crippen molar-refractivity contribution in [1.82, 2.24) is 0 Å². The first kappa shape index (κ1) is 9.26. The molecule has 3 nitrogen and oxygen atoms in total. The summed E-state index contributed by atoms with van der Waals surface area (Å²) in [5.41, 5.74) is -0.398. The number of carbonyl (C=O) groups is 1. The van der Waals surface area contributed by atoms with Crippen molar-refractivity contribution < 1.29 is 14.3 Å². The van der Waals surface area contributed by atoms with Gasteiger partial charge in [0.2, 0.25) is 0 Å². The second kappa shape index (κ2) is 3.27. The van der Waals surface area contributed by atoms with Crippen LogP contribution in [-0.2, 0) is 14.3 Å². The van der Waals surface area contributed by atoms with Crippen LogP contribution < -0.4 is 0 Å². The summed E-state index contributed by atoms with van der Waals surface area (Å²) in [6, 6.07) is 0. The third-order valence-electron chi connectivity index (χ3n) is 2.39. The lowest BCUT2D eigenvalue weighted by Gasteiger charge is -2.45. The predicted octanol–water partition coefficient (Wildman–Crippen LogP) is 1.28. The van der Waals surface area contributed by atoms with Crippen molar-refractivity contribution in [2.45, 2.75) is 32.0 Å². The minimum Gasteiger partial charge on any atom is -0.451 e. The van der Waals surface area contributed by atoms with Crippen molar-refractivity contribution >= 4 is 5.97 Å². The molecule has 0 amide bonds. The highest BCUT2D eigenvalue weighted by atomic mass is 16.6. The van der Waals surface area contributed by atoms with E-state index in [4.69, 9.17) is 9.47 Å². The van der Waals surface area contributed by atoms with Crippen LogP contribution in [0.2, 0.25) is 0 Å². The average Bonchev–Trinajstić information content (AvgIpc) is 2.11. The Morgan fingerprint density at radius 3 is 2.83 bits per heavy atom. The molecule has 0 aliphatic carbocycles. The van der Waals surface area contributed by atoms with Crippen molar-refractivity contribution in [3.05, 3.63) is 12.7 Å². The molecule has 12 heavy (non-hydrogen) atoms. The van der Waals surface area contributed by atoms with Gasteiger partial charge in [-0.15, -0.1) is 0 Å². The van der Waals surface area contributed by atoms with E-state index in [1.54, 1.807) is 0 Å². The second-order valence-electron chi connectivity index (χ2n) is 3.00. The molecule has 2 atom stereocenters. The summed E-state index contributed by atoms with van der Waals surface area (Å²) in [4.78, 5) is 10.9. The molecule has 0 aromatic rings. The molecule has 68 valence electrons. The number of carbonyl (C=O) groups excluding carboxylic acids is 1. The van der Waals surface area contributed by atoms with Crippen molar-refractivity contribution in [3.63, 3.8) is 0 Å². The van der Waals surface area contributed by atoms with Crippen LogP contribution in [0.5, 0.6) is 0 Å². The van der Waals surface area contributed by atoms with Gasteiger partial charge in [0.25, 0.3) is 0 Å². The van der Waals surface area contributed by atoms with Crippen molar-refractivity contribution in [2.75, 3.05) is 6.61 Å². The van der Waals surface area contributed by atoms with E-state index in [9.17, 15) is 4.79 Å². The van der Waals surface area contributed by atoms with E-state index in [0.29, 0.717) is 6.61 Å². The van der Waals surface area contributed by atoms with Crippen molar-refractivity contribution in [2.24, 2.45) is 0 Å². The zero-order valence-electron chi connectivity index (χ0n) is 7.50. The topological polar surface area (TPSA) is 35.5 Å². The molecule has 2 unspecified atom stereocenters. The number of hydrogen-bond acceptors (Lipinski definition) is 3. The maximum Gasteiger partial charge on any atom is 0.330 e. The lowest BCUT2D eigenvalue weighted by molar-refractivity contribution is -0.245. The van der Waals surface area contributed by atoms with E-state index in [1.807, 2.05) is 13.8 Å². The van der Waals surface area contributed by atoms with Gasteiger partial charge in [-0.2, -0.15) is 0 Å². The fourth-order valence-corrected chi connectivity index (χ4v) is 1.25. The van der Waals surface area contributed by atoms with E-state index in [2.05, 4.69) is 6.58 Å². The molecule has 1 rings (SSSR count). The fraction of sp³-hybridized carbons (Fsp3) is 0.667. The minimum atomic E-state index is -0.398. The van der Waals surface area contributed by atoms with Crippen LogP contribution in [0.15, 0.2) is 12.7 Å². The Labute approximate surface area is 72.4 Å². The van der Waals surface area contributed by atoms with Crippen LogP contribution in [0.4, 0.5) is 0 Å². The maximum absolute atomic E-state index is 10.9. The molecule has 1 heterocycles. The Kier molecular flexibility index (Phi) is 2.52. The van der Waals surface area contributed by atoms with Gasteiger partial charge in [-0.05, 0) is 13.3 Å². The summed E-state index contributed by atoms with van der Waals surface area (Å²) in [7, 11) is 0. The zero-order valence-corrected chi connectivity index (χ0v) is 7.50. The van der Waals surface area contributed by atoms with Gasteiger partial charge in [-0.1, -0.05) is 13.5 Å². The Morgan fingerprint density at radius 2 is 2.58 bits per heavy atom. The number of ether oxygens (including phenoxy) is 2. The summed E-state index contributed by atoms with van der Waals surface area (Å²) in [5.74, 6) is -0.369. The lowest BCUT2D eigenvalue weighted by atomic mass is 9.90. The van der Waals surface area contributed by atoms with Crippen LogP contribution in [0, 0.1) is 0 Å². The Morgan fingerprint density at radius 1 is 1.92 bits per heavy atom. The summed E-state index contributed by atoms with van der Waals surface area (Å²) in [5, 5.41) is 0. The predicted molar refractivity (Wildman–Crippen MR) is 44.7 cm³/mol. The van der Waals surface area contributed by atoms with E-state index >= 15 is 0 Å². The maximum atomic E-state index is 10.9. The summed E-state index contributed by atoms with van der Waals surface area (Å²) >= 11 is 0. The van der Waals surface area contributed by atoms with E-state index in [1.165, 1.54) is 6.08 Å². The molecular formula is C9H14O3. The van der Waals surface area contributed by atoms with Crippen LogP contribution in [-0.4, -0.2) is 24.3 Å². The van der Waals surface area contributed by atoms with E-state index in [0.717, 1.165) is 6.42 Å². The molecule has 1 saturated heterocycles. The Hall–Kier alpha value is -0.830. The van der Waals surface area contributed by atoms with Gasteiger partial charge < -0.3 is 9.47 Å². The van der Waals surface area contributed by atoms with Gasteiger partial charge in [-0.3, -0.25) is 0 Å². The molecule has 3 heteroatoms. The fourth-order valence-electron chi connectivity index (χ4n) is 1.25. The number of hydrogen-bond donors (Lipinski definition) is 0. The molecule has 1 fully saturated rings. The normalized spacial score (nSPS) is 33.7. The first-order valence-corrected chi connectivity index (χ1v) is 4.11. The molecule has 1 aliphatic heterocycles. The summed E-state index contributed by atoms with van der Waals surface area (Å²) < 4.78 is 10.4. The summed E-state index contributed by atoms with van der Waals surface area (Å²) in [6.45, 7) is 7.74. The molecule has 0 aromatic heterocycles. The highest BCUT2D eigenvalue weighted by Crippen LogP contribution is 2.32. The highest BCUT2D eigenvalue weighted by molar-refractivity contribution is 5.81. The SMILES string of the molecule is C=CC(=O)OC1(CC)COC1C. The quantitative estimate of drug-likeness (QED) is 0.473. The molecule has 0 spiro atoms. The minimum absolute atomic E-state index is 0.00593. The average molecular weight is 170 g/mol. The Balaban J connectivity index is 2.56. The Bertz CT molecular complexity index is 196. The molecule has 0 N–H and O–H groups in total. The molecule has 0 radical (unpaired) electrons. The molecule has 0 saturated carbocycles. The number of esters is 1. The van der Waals surface area contributed by atoms with Crippen LogP contribution in [0.1, 0.15) is 20.3 Å². The second-order valence-corrected chi connectivity index (χ2v) is 3.00. The molecular weight excluding hydrogens is 156 g/mol. The van der Waals surface area contributed by atoms with Gasteiger partial charge >= 0.3 is 5.97 Å². The van der Waals surface area contributed by atoms with Crippen LogP contribution in [0.3, 0.4) is 0 Å². The van der Waals surface area contributed by atoms with Gasteiger partial charge in [0.1, 0.15) is 0 Å². The first-order chi connectivity index (χ1) is 5.64. The standard InChI is InChI=1S/C9H14O3/c1-4-8(10)12-9(5-2)6-11-7(9)3/h4,7H,1,5-6H2,2-3H3. The number of rotatable bonds is 3. The largest absolute Gasteiger partial charge is 0.451 e. The zero-order chi connectivity index (χ0) is 9.19. The van der Waals surface area contributed by atoms with E-state index < -0.39 is 5.60 Å². The van der Waals surface area contributed by atoms with Crippen LogP contribution in [0.25, 0.3) is 0 Å². The van der Waals surface area contributed by atoms with Gasteiger partial charge in [-0.25, -0.2) is 4.79 Å². The van der Waals surface area contributed by atoms with Gasteiger partial charge in [0.05, 0.1) is 12.7 Å². The monoisotopic (exact) mass is 170 g/mol. The smallest absolute Gasteiger partial charge is 0.330 e. The third kappa shape index (κ3) is 1.37. The lowest BCUT2D eigenvalue weighted by Crippen LogP contribution is -2.58. The summed E-state index contributed by atoms with van der Waals surface area (Å²) in [6.07, 6.45) is 1.97. The molecule has 0 bridgehead atoms. The first-order valence-electron chi connectivity index (χ1n) is 4.11. The van der Waals surface area contributed by atoms with Gasteiger partial charge in [0, 0.05) is 6.08 Å². The molecule has 0 aromatic carbocycles. The van der Waals surface area contributed by atoms with Crippen LogP contribution >= 0.6 is 0 Å². The third-order valence-corrected chi connectivity index (χ3v) is 2.39. The van der Waals surface area contributed by atoms with Crippen molar-refractivity contribution in [1.29, 1.82) is 0 Å². The van der Waals surface area contributed by atoms with E-state index in [-0.39, 0.29) is 12.1 Å². The highest BCUT2D eigenvalue weighted by Gasteiger charge is 2.47. The van der Waals surface area contributed by atoms with Crippen molar-refractivity contribution in [3.8, 4) is 0 Å².